The fourth-order valence-electron chi connectivity index (χ4n) is 1.40. The zero-order valence-corrected chi connectivity index (χ0v) is 10.9. The number of halogens is 2. The average molecular weight is 260 g/mol. The van der Waals surface area contributed by atoms with Crippen molar-refractivity contribution in [3.05, 3.63) is 33.8 Å². The first kappa shape index (κ1) is 13.3. The minimum atomic E-state index is -0.104. The summed E-state index contributed by atoms with van der Waals surface area (Å²) < 4.78 is 0. The van der Waals surface area contributed by atoms with E-state index in [-0.39, 0.29) is 11.9 Å². The summed E-state index contributed by atoms with van der Waals surface area (Å²) in [4.78, 5) is 11.8. The van der Waals surface area contributed by atoms with E-state index < -0.39 is 0 Å². The summed E-state index contributed by atoms with van der Waals surface area (Å²) in [6, 6.07) is 5.10. The largest absolute Gasteiger partial charge is 0.349 e. The Morgan fingerprint density at radius 2 is 1.88 bits per heavy atom. The van der Waals surface area contributed by atoms with Gasteiger partial charge in [-0.2, -0.15) is 0 Å². The van der Waals surface area contributed by atoms with Gasteiger partial charge in [0.1, 0.15) is 0 Å². The highest BCUT2D eigenvalue weighted by Crippen LogP contribution is 2.22. The molecule has 0 heterocycles. The van der Waals surface area contributed by atoms with E-state index in [1.54, 1.807) is 18.2 Å². The maximum atomic E-state index is 11.8. The number of hydrogen-bond acceptors (Lipinski definition) is 1. The van der Waals surface area contributed by atoms with Gasteiger partial charge in [-0.1, -0.05) is 37.0 Å². The molecule has 0 spiro atoms. The first-order chi connectivity index (χ1) is 7.58. The van der Waals surface area contributed by atoms with Crippen molar-refractivity contribution in [2.24, 2.45) is 0 Å². The Balaban J connectivity index is 2.76. The van der Waals surface area contributed by atoms with E-state index in [1.165, 1.54) is 0 Å². The maximum absolute atomic E-state index is 11.8. The third-order valence-electron chi connectivity index (χ3n) is 2.50. The molecule has 16 heavy (non-hydrogen) atoms. The lowest BCUT2D eigenvalue weighted by Gasteiger charge is -2.14. The van der Waals surface area contributed by atoms with E-state index in [9.17, 15) is 4.79 Å². The monoisotopic (exact) mass is 259 g/mol. The van der Waals surface area contributed by atoms with E-state index >= 15 is 0 Å². The summed E-state index contributed by atoms with van der Waals surface area (Å²) in [5, 5.41) is 3.80. The van der Waals surface area contributed by atoms with Crippen molar-refractivity contribution in [1.29, 1.82) is 0 Å². The highest BCUT2D eigenvalue weighted by atomic mass is 35.5. The average Bonchev–Trinajstić information content (AvgIpc) is 2.29. The lowest BCUT2D eigenvalue weighted by molar-refractivity contribution is 0.0935. The Labute approximate surface area is 106 Å². The van der Waals surface area contributed by atoms with Crippen LogP contribution in [-0.2, 0) is 0 Å². The summed E-state index contributed by atoms with van der Waals surface area (Å²) in [7, 11) is 0. The molecule has 1 amide bonds. The Kier molecular flexibility index (Phi) is 5.10. The summed E-state index contributed by atoms with van der Waals surface area (Å²) in [6.07, 6.45) is 1.84. The minimum Gasteiger partial charge on any atom is -0.349 e. The van der Waals surface area contributed by atoms with Crippen molar-refractivity contribution >= 4 is 29.1 Å². The molecule has 0 aliphatic heterocycles. The van der Waals surface area contributed by atoms with Crippen molar-refractivity contribution < 1.29 is 4.79 Å². The second-order valence-corrected chi connectivity index (χ2v) is 4.43. The third kappa shape index (κ3) is 3.39. The van der Waals surface area contributed by atoms with Crippen LogP contribution in [0.1, 0.15) is 37.0 Å². The van der Waals surface area contributed by atoms with Crippen LogP contribution in [0.2, 0.25) is 10.0 Å². The van der Waals surface area contributed by atoms with Gasteiger partial charge in [0.25, 0.3) is 5.91 Å². The van der Waals surface area contributed by atoms with Crippen LogP contribution >= 0.6 is 23.2 Å². The van der Waals surface area contributed by atoms with Gasteiger partial charge in [-0.15, -0.1) is 0 Å². The summed E-state index contributed by atoms with van der Waals surface area (Å²) in [5.41, 5.74) is 0.543. The van der Waals surface area contributed by atoms with Crippen LogP contribution in [0.4, 0.5) is 0 Å². The number of amides is 1. The Morgan fingerprint density at radius 1 is 1.25 bits per heavy atom. The van der Waals surface area contributed by atoms with Gasteiger partial charge in [0.05, 0.1) is 10.0 Å². The van der Waals surface area contributed by atoms with Crippen LogP contribution in [0.5, 0.6) is 0 Å². The number of benzene rings is 1. The highest BCUT2D eigenvalue weighted by Gasteiger charge is 2.11. The smallest absolute Gasteiger partial charge is 0.251 e. The molecule has 0 saturated heterocycles. The SMILES string of the molecule is CCC(CC)NC(=O)c1ccc(Cl)c(Cl)c1. The molecule has 0 bridgehead atoms. The standard InChI is InChI=1S/C12H15Cl2NO/c1-3-9(4-2)15-12(16)8-5-6-10(13)11(14)7-8/h5-7,9H,3-4H2,1-2H3,(H,15,16). The zero-order valence-electron chi connectivity index (χ0n) is 9.39. The molecule has 1 N–H and O–H groups in total. The molecule has 0 unspecified atom stereocenters. The van der Waals surface area contributed by atoms with Crippen LogP contribution in [0.25, 0.3) is 0 Å². The van der Waals surface area contributed by atoms with Crippen molar-refractivity contribution in [3.8, 4) is 0 Å². The molecule has 1 aromatic rings. The van der Waals surface area contributed by atoms with E-state index in [2.05, 4.69) is 5.32 Å². The van der Waals surface area contributed by atoms with Crippen LogP contribution in [0.15, 0.2) is 18.2 Å². The third-order valence-corrected chi connectivity index (χ3v) is 3.24. The van der Waals surface area contributed by atoms with E-state index in [0.717, 1.165) is 12.8 Å². The van der Waals surface area contributed by atoms with Gasteiger partial charge in [0.2, 0.25) is 0 Å². The fraction of sp³-hybridized carbons (Fsp3) is 0.417. The number of carbonyl (C=O) groups excluding carboxylic acids is 1. The van der Waals surface area contributed by atoms with Gasteiger partial charge in [0.15, 0.2) is 0 Å². The molecule has 0 aromatic heterocycles. The van der Waals surface area contributed by atoms with E-state index in [4.69, 9.17) is 23.2 Å². The Hall–Kier alpha value is -0.730. The van der Waals surface area contributed by atoms with Gasteiger partial charge in [0, 0.05) is 11.6 Å². The van der Waals surface area contributed by atoms with Crippen molar-refractivity contribution in [2.45, 2.75) is 32.7 Å². The number of carbonyl (C=O) groups is 1. The van der Waals surface area contributed by atoms with Crippen LogP contribution < -0.4 is 5.32 Å². The Morgan fingerprint density at radius 3 is 2.38 bits per heavy atom. The van der Waals surface area contributed by atoms with Crippen molar-refractivity contribution in [3.63, 3.8) is 0 Å². The fourth-order valence-corrected chi connectivity index (χ4v) is 1.70. The number of hydrogen-bond donors (Lipinski definition) is 1. The molecular weight excluding hydrogens is 245 g/mol. The predicted molar refractivity (Wildman–Crippen MR) is 68.3 cm³/mol. The summed E-state index contributed by atoms with van der Waals surface area (Å²) in [5.74, 6) is -0.104. The van der Waals surface area contributed by atoms with Crippen molar-refractivity contribution in [1.82, 2.24) is 5.32 Å². The van der Waals surface area contributed by atoms with Gasteiger partial charge in [-0.05, 0) is 31.0 Å². The molecule has 0 radical (unpaired) electrons. The lowest BCUT2D eigenvalue weighted by atomic mass is 10.1. The maximum Gasteiger partial charge on any atom is 0.251 e. The molecule has 0 fully saturated rings. The first-order valence-corrected chi connectivity index (χ1v) is 6.10. The van der Waals surface area contributed by atoms with Gasteiger partial charge >= 0.3 is 0 Å². The number of rotatable bonds is 4. The molecular formula is C12H15Cl2NO. The first-order valence-electron chi connectivity index (χ1n) is 5.34. The number of nitrogens with one attached hydrogen (secondary N) is 1. The van der Waals surface area contributed by atoms with Gasteiger partial charge in [-0.25, -0.2) is 0 Å². The van der Waals surface area contributed by atoms with Crippen molar-refractivity contribution in [2.75, 3.05) is 0 Å². The molecule has 1 aromatic carbocycles. The normalized spacial score (nSPS) is 10.6. The predicted octanol–water partition coefficient (Wildman–Crippen LogP) is 3.91. The molecule has 0 aliphatic rings. The topological polar surface area (TPSA) is 29.1 Å². The quantitative estimate of drug-likeness (QED) is 0.873. The molecule has 2 nitrogen and oxygen atoms in total. The molecule has 4 heteroatoms. The zero-order chi connectivity index (χ0) is 12.1. The second-order valence-electron chi connectivity index (χ2n) is 3.62. The van der Waals surface area contributed by atoms with Gasteiger partial charge < -0.3 is 5.32 Å². The highest BCUT2D eigenvalue weighted by molar-refractivity contribution is 6.42. The summed E-state index contributed by atoms with van der Waals surface area (Å²) >= 11 is 11.6. The minimum absolute atomic E-state index is 0.104. The summed E-state index contributed by atoms with van der Waals surface area (Å²) in [6.45, 7) is 4.09. The van der Waals surface area contributed by atoms with E-state index in [0.29, 0.717) is 15.6 Å². The Bertz CT molecular complexity index is 375. The van der Waals surface area contributed by atoms with Crippen LogP contribution in [0.3, 0.4) is 0 Å². The molecule has 1 rings (SSSR count). The van der Waals surface area contributed by atoms with Crippen LogP contribution in [0, 0.1) is 0 Å². The molecule has 88 valence electrons. The van der Waals surface area contributed by atoms with E-state index in [1.807, 2.05) is 13.8 Å². The molecule has 0 saturated carbocycles. The molecule has 0 atom stereocenters. The van der Waals surface area contributed by atoms with Gasteiger partial charge in [-0.3, -0.25) is 4.79 Å². The van der Waals surface area contributed by atoms with Crippen LogP contribution in [-0.4, -0.2) is 11.9 Å². The molecule has 0 aliphatic carbocycles. The second kappa shape index (κ2) is 6.12. The lowest BCUT2D eigenvalue weighted by Crippen LogP contribution is -2.33.